The minimum Gasteiger partial charge on any atom is -0.388 e. The van der Waals surface area contributed by atoms with E-state index >= 15 is 0 Å². The molecule has 1 amide bonds. The molecule has 0 spiro atoms. The number of Topliss-reactive ketones (excluding diaryl/α,β-unsaturated/α-hetero) is 1. The zero-order valence-electron chi connectivity index (χ0n) is 17.3. The predicted molar refractivity (Wildman–Crippen MR) is 104 cm³/mol. The van der Waals surface area contributed by atoms with Gasteiger partial charge in [-0.25, -0.2) is 0 Å². The Balaban J connectivity index is 2.27. The second kappa shape index (κ2) is 13.2. The third-order valence-corrected chi connectivity index (χ3v) is 5.07. The van der Waals surface area contributed by atoms with Crippen LogP contribution in [0.15, 0.2) is 0 Å². The Bertz CT molecular complexity index is 471. The minimum atomic E-state index is -1.32. The quantitative estimate of drug-likeness (QED) is 0.339. The van der Waals surface area contributed by atoms with Gasteiger partial charge in [-0.05, 0) is 32.6 Å². The summed E-state index contributed by atoms with van der Waals surface area (Å²) in [5, 5.41) is 32.4. The standard InChI is InChI=1S/C20H37NO7/c1-4-6-7-10-14(13(3)22)21-16(23)11-8-9-12-27-20-19(26)18(25)17(24)15(5-2)28-20/h14-15,17-20,24-26H,4-12H2,1-3H3,(H,21,23)/t14-,15?,17?,18?,19?,20?/m0/s1. The van der Waals surface area contributed by atoms with Crippen molar-refractivity contribution in [2.45, 2.75) is 109 Å². The van der Waals surface area contributed by atoms with E-state index in [-0.39, 0.29) is 24.7 Å². The van der Waals surface area contributed by atoms with Crippen molar-refractivity contribution >= 4 is 11.7 Å². The Kier molecular flexibility index (Phi) is 11.8. The van der Waals surface area contributed by atoms with Crippen molar-refractivity contribution in [3.8, 4) is 0 Å². The number of hydrogen-bond donors (Lipinski definition) is 4. The molecule has 4 N–H and O–H groups in total. The first-order chi connectivity index (χ1) is 13.3. The monoisotopic (exact) mass is 403 g/mol. The Labute approximate surface area is 167 Å². The summed E-state index contributed by atoms with van der Waals surface area (Å²) in [5.74, 6) is -0.183. The highest BCUT2D eigenvalue weighted by Crippen LogP contribution is 2.24. The molecule has 1 aliphatic heterocycles. The summed E-state index contributed by atoms with van der Waals surface area (Å²) in [5.41, 5.74) is 0. The number of nitrogens with one attached hydrogen (secondary N) is 1. The lowest BCUT2D eigenvalue weighted by Gasteiger charge is -2.40. The fourth-order valence-corrected chi connectivity index (χ4v) is 3.22. The van der Waals surface area contributed by atoms with Crippen LogP contribution < -0.4 is 5.32 Å². The van der Waals surface area contributed by atoms with Crippen molar-refractivity contribution in [2.75, 3.05) is 6.61 Å². The van der Waals surface area contributed by atoms with E-state index in [1.54, 1.807) is 0 Å². The molecule has 0 radical (unpaired) electrons. The lowest BCUT2D eigenvalue weighted by atomic mass is 9.97. The third kappa shape index (κ3) is 8.13. The van der Waals surface area contributed by atoms with Crippen LogP contribution in [0.4, 0.5) is 0 Å². The number of aliphatic hydroxyl groups is 3. The number of hydrogen-bond acceptors (Lipinski definition) is 7. The van der Waals surface area contributed by atoms with E-state index in [1.807, 2.05) is 6.92 Å². The van der Waals surface area contributed by atoms with E-state index in [9.17, 15) is 24.9 Å². The van der Waals surface area contributed by atoms with E-state index in [0.717, 1.165) is 19.3 Å². The average molecular weight is 404 g/mol. The highest BCUT2D eigenvalue weighted by molar-refractivity contribution is 5.87. The lowest BCUT2D eigenvalue weighted by Crippen LogP contribution is -2.58. The molecule has 0 aliphatic carbocycles. The van der Waals surface area contributed by atoms with E-state index in [1.165, 1.54) is 6.92 Å². The maximum Gasteiger partial charge on any atom is 0.220 e. The van der Waals surface area contributed by atoms with Gasteiger partial charge in [-0.1, -0.05) is 33.1 Å². The number of amides is 1. The van der Waals surface area contributed by atoms with Gasteiger partial charge in [-0.15, -0.1) is 0 Å². The number of carbonyl (C=O) groups is 2. The Morgan fingerprint density at radius 3 is 2.36 bits per heavy atom. The summed E-state index contributed by atoms with van der Waals surface area (Å²) in [6.07, 6.45) is 0.217. The summed E-state index contributed by atoms with van der Waals surface area (Å²) in [4.78, 5) is 23.7. The van der Waals surface area contributed by atoms with Gasteiger partial charge >= 0.3 is 0 Å². The molecule has 6 atom stereocenters. The van der Waals surface area contributed by atoms with Crippen molar-refractivity contribution in [1.82, 2.24) is 5.32 Å². The van der Waals surface area contributed by atoms with Crippen LogP contribution in [0.2, 0.25) is 0 Å². The zero-order chi connectivity index (χ0) is 21.1. The number of ether oxygens (including phenoxy) is 2. The predicted octanol–water partition coefficient (Wildman–Crippen LogP) is 1.04. The maximum atomic E-state index is 12.0. The second-order valence-electron chi connectivity index (χ2n) is 7.48. The van der Waals surface area contributed by atoms with Gasteiger partial charge in [-0.3, -0.25) is 9.59 Å². The van der Waals surface area contributed by atoms with Crippen LogP contribution in [0, 0.1) is 0 Å². The maximum absolute atomic E-state index is 12.0. The molecule has 8 nitrogen and oxygen atoms in total. The van der Waals surface area contributed by atoms with Crippen LogP contribution in [0.3, 0.4) is 0 Å². The minimum absolute atomic E-state index is 0.0255. The molecule has 0 aromatic rings. The normalized spacial score (nSPS) is 28.7. The van der Waals surface area contributed by atoms with Gasteiger partial charge in [-0.2, -0.15) is 0 Å². The summed E-state index contributed by atoms with van der Waals surface area (Å²) >= 11 is 0. The smallest absolute Gasteiger partial charge is 0.220 e. The Hall–Kier alpha value is -1.06. The summed E-state index contributed by atoms with van der Waals surface area (Å²) < 4.78 is 11.0. The summed E-state index contributed by atoms with van der Waals surface area (Å²) in [6.45, 7) is 5.65. The van der Waals surface area contributed by atoms with Crippen LogP contribution in [-0.4, -0.2) is 70.4 Å². The van der Waals surface area contributed by atoms with Crippen molar-refractivity contribution in [2.24, 2.45) is 0 Å². The van der Waals surface area contributed by atoms with Gasteiger partial charge in [0.1, 0.15) is 18.3 Å². The molecule has 1 rings (SSSR count). The molecule has 1 fully saturated rings. The van der Waals surface area contributed by atoms with Gasteiger partial charge in [0.05, 0.1) is 12.1 Å². The summed E-state index contributed by atoms with van der Waals surface area (Å²) in [7, 11) is 0. The second-order valence-corrected chi connectivity index (χ2v) is 7.48. The van der Waals surface area contributed by atoms with Gasteiger partial charge < -0.3 is 30.1 Å². The van der Waals surface area contributed by atoms with E-state index in [0.29, 0.717) is 25.7 Å². The first-order valence-electron chi connectivity index (χ1n) is 10.4. The Morgan fingerprint density at radius 2 is 1.75 bits per heavy atom. The highest BCUT2D eigenvalue weighted by atomic mass is 16.7. The average Bonchev–Trinajstić information content (AvgIpc) is 2.66. The topological polar surface area (TPSA) is 125 Å². The fourth-order valence-electron chi connectivity index (χ4n) is 3.22. The van der Waals surface area contributed by atoms with Crippen LogP contribution in [0.25, 0.3) is 0 Å². The summed E-state index contributed by atoms with van der Waals surface area (Å²) in [6, 6.07) is -0.417. The van der Waals surface area contributed by atoms with Crippen molar-refractivity contribution < 1.29 is 34.4 Å². The van der Waals surface area contributed by atoms with E-state index in [4.69, 9.17) is 9.47 Å². The zero-order valence-corrected chi connectivity index (χ0v) is 17.3. The first kappa shape index (κ1) is 25.0. The number of aliphatic hydroxyl groups excluding tert-OH is 3. The van der Waals surface area contributed by atoms with Gasteiger partial charge in [0.15, 0.2) is 12.1 Å². The molecule has 0 bridgehead atoms. The fraction of sp³-hybridized carbons (Fsp3) is 0.900. The van der Waals surface area contributed by atoms with Crippen molar-refractivity contribution in [1.29, 1.82) is 0 Å². The number of unbranched alkanes of at least 4 members (excludes halogenated alkanes) is 3. The number of ketones is 1. The van der Waals surface area contributed by atoms with Crippen LogP contribution >= 0.6 is 0 Å². The van der Waals surface area contributed by atoms with Crippen LogP contribution in [-0.2, 0) is 19.1 Å². The molecule has 164 valence electrons. The van der Waals surface area contributed by atoms with E-state index < -0.39 is 36.7 Å². The molecule has 0 aromatic carbocycles. The van der Waals surface area contributed by atoms with Crippen LogP contribution in [0.5, 0.6) is 0 Å². The number of rotatable bonds is 13. The molecule has 1 heterocycles. The SMILES string of the molecule is CCCCC[C@H](NC(=O)CCCCOC1OC(CC)C(O)C(O)C1O)C(C)=O. The van der Waals surface area contributed by atoms with Gasteiger partial charge in [0.2, 0.25) is 5.91 Å². The number of carbonyl (C=O) groups excluding carboxylic acids is 2. The Morgan fingerprint density at radius 1 is 1.04 bits per heavy atom. The van der Waals surface area contributed by atoms with Crippen molar-refractivity contribution in [3.05, 3.63) is 0 Å². The molecule has 0 saturated carbocycles. The molecule has 1 saturated heterocycles. The molecular weight excluding hydrogens is 366 g/mol. The molecule has 5 unspecified atom stereocenters. The van der Waals surface area contributed by atoms with E-state index in [2.05, 4.69) is 12.2 Å². The van der Waals surface area contributed by atoms with Crippen LogP contribution in [0.1, 0.15) is 72.1 Å². The third-order valence-electron chi connectivity index (χ3n) is 5.07. The molecule has 1 aliphatic rings. The molecule has 28 heavy (non-hydrogen) atoms. The molecule has 8 heteroatoms. The van der Waals surface area contributed by atoms with Crippen molar-refractivity contribution in [3.63, 3.8) is 0 Å². The lowest BCUT2D eigenvalue weighted by molar-refractivity contribution is -0.297. The van der Waals surface area contributed by atoms with Gasteiger partial charge in [0, 0.05) is 13.0 Å². The molecule has 0 aromatic heterocycles. The first-order valence-corrected chi connectivity index (χ1v) is 10.4. The molecular formula is C20H37NO7. The van der Waals surface area contributed by atoms with Gasteiger partial charge in [0.25, 0.3) is 0 Å². The largest absolute Gasteiger partial charge is 0.388 e. The highest BCUT2D eigenvalue weighted by Gasteiger charge is 2.43.